The summed E-state index contributed by atoms with van der Waals surface area (Å²) in [5.74, 6) is 0.313. The maximum absolute atomic E-state index is 11.6. The lowest BCUT2D eigenvalue weighted by Crippen LogP contribution is -1.96. The Morgan fingerprint density at radius 2 is 1.71 bits per heavy atom. The maximum atomic E-state index is 11.6. The van der Waals surface area contributed by atoms with Crippen molar-refractivity contribution in [2.24, 2.45) is 0 Å². The topological polar surface area (TPSA) is 94.7 Å². The highest BCUT2D eigenvalue weighted by Gasteiger charge is 2.17. The highest BCUT2D eigenvalue weighted by atomic mass is 32.2. The molecule has 0 aliphatic heterocycles. The fourth-order valence-corrected chi connectivity index (χ4v) is 3.01. The predicted octanol–water partition coefficient (Wildman–Crippen LogP) is 4.28. The normalized spacial score (nSPS) is 11.3. The van der Waals surface area contributed by atoms with Gasteiger partial charge in [-0.25, -0.2) is 4.79 Å². The molecule has 7 nitrogen and oxygen atoms in total. The highest BCUT2D eigenvalue weighted by molar-refractivity contribution is 8.03. The van der Waals surface area contributed by atoms with Crippen LogP contribution in [0.15, 0.2) is 57.0 Å². The molecular weight excluding hydrogens is 380 g/mol. The average molecular weight is 398 g/mol. The van der Waals surface area contributed by atoms with Crippen LogP contribution in [0.2, 0.25) is 0 Å². The summed E-state index contributed by atoms with van der Waals surface area (Å²) in [6, 6.07) is 12.7. The molecule has 1 aromatic heterocycles. The van der Waals surface area contributed by atoms with E-state index in [1.54, 1.807) is 38.5 Å². The Labute approximate surface area is 166 Å². The highest BCUT2D eigenvalue weighted by Crippen LogP contribution is 2.33. The van der Waals surface area contributed by atoms with Crippen LogP contribution < -0.4 is 9.47 Å². The Bertz CT molecular complexity index is 989. The van der Waals surface area contributed by atoms with E-state index in [1.165, 1.54) is 0 Å². The van der Waals surface area contributed by atoms with Gasteiger partial charge in [-0.1, -0.05) is 29.8 Å². The van der Waals surface area contributed by atoms with Gasteiger partial charge in [-0.2, -0.15) is 0 Å². The summed E-state index contributed by atoms with van der Waals surface area (Å²) in [4.78, 5) is 11.7. The number of carbonyl (C=O) groups is 1. The van der Waals surface area contributed by atoms with E-state index in [2.05, 4.69) is 10.2 Å². The number of carboxylic acid groups (broad SMARTS) is 1. The molecule has 0 bridgehead atoms. The minimum atomic E-state index is -1.08. The SMILES string of the molecule is COc1cc(OC)cc(-c2nnc(S/C(=C/c3ccc(C)cc3)C(=O)O)o2)c1. The van der Waals surface area contributed by atoms with Gasteiger partial charge in [0.1, 0.15) is 16.4 Å². The molecule has 0 atom stereocenters. The smallest absolute Gasteiger partial charge is 0.342 e. The number of rotatable bonds is 7. The Morgan fingerprint density at radius 3 is 2.29 bits per heavy atom. The summed E-state index contributed by atoms with van der Waals surface area (Å²) in [6.07, 6.45) is 1.56. The molecular formula is C20H18N2O5S. The van der Waals surface area contributed by atoms with Crippen molar-refractivity contribution in [2.45, 2.75) is 12.1 Å². The van der Waals surface area contributed by atoms with Gasteiger partial charge in [0.2, 0.25) is 5.89 Å². The van der Waals surface area contributed by atoms with Crippen LogP contribution in [-0.4, -0.2) is 35.5 Å². The van der Waals surface area contributed by atoms with E-state index in [9.17, 15) is 9.90 Å². The lowest BCUT2D eigenvalue weighted by atomic mass is 10.1. The summed E-state index contributed by atoms with van der Waals surface area (Å²) in [5.41, 5.74) is 2.47. The quantitative estimate of drug-likeness (QED) is 0.465. The van der Waals surface area contributed by atoms with Crippen molar-refractivity contribution in [2.75, 3.05) is 14.2 Å². The molecule has 3 aromatic rings. The molecule has 0 fully saturated rings. The molecule has 28 heavy (non-hydrogen) atoms. The van der Waals surface area contributed by atoms with Crippen molar-refractivity contribution in [1.29, 1.82) is 0 Å². The second-order valence-corrected chi connectivity index (χ2v) is 6.79. The third kappa shape index (κ3) is 4.72. The van der Waals surface area contributed by atoms with Gasteiger partial charge in [0, 0.05) is 11.6 Å². The lowest BCUT2D eigenvalue weighted by Gasteiger charge is -2.05. The van der Waals surface area contributed by atoms with Crippen LogP contribution in [0.4, 0.5) is 0 Å². The monoisotopic (exact) mass is 398 g/mol. The molecule has 0 aliphatic rings. The summed E-state index contributed by atoms with van der Waals surface area (Å²) in [7, 11) is 3.09. The number of carboxylic acids is 1. The average Bonchev–Trinajstić information content (AvgIpc) is 3.17. The van der Waals surface area contributed by atoms with Crippen molar-refractivity contribution in [3.05, 3.63) is 58.5 Å². The second kappa shape index (κ2) is 8.62. The molecule has 0 saturated carbocycles. The number of methoxy groups -OCH3 is 2. The Balaban J connectivity index is 1.86. The number of aliphatic carboxylic acids is 1. The second-order valence-electron chi connectivity index (χ2n) is 5.80. The van der Waals surface area contributed by atoms with Gasteiger partial charge in [-0.05, 0) is 42.5 Å². The minimum absolute atomic E-state index is 0.0716. The first-order valence-corrected chi connectivity index (χ1v) is 9.06. The Hall–Kier alpha value is -3.26. The first-order chi connectivity index (χ1) is 13.5. The van der Waals surface area contributed by atoms with Crippen LogP contribution in [-0.2, 0) is 4.79 Å². The van der Waals surface area contributed by atoms with E-state index < -0.39 is 5.97 Å². The molecule has 3 rings (SSSR count). The third-order valence-electron chi connectivity index (χ3n) is 3.79. The Kier molecular flexibility index (Phi) is 6.00. The molecule has 8 heteroatoms. The first kappa shape index (κ1) is 19.5. The molecule has 0 spiro atoms. The molecule has 1 heterocycles. The van der Waals surface area contributed by atoms with Gasteiger partial charge in [0.15, 0.2) is 0 Å². The number of aryl methyl sites for hydroxylation is 1. The van der Waals surface area contributed by atoms with Gasteiger partial charge in [-0.3, -0.25) is 0 Å². The van der Waals surface area contributed by atoms with Crippen LogP contribution >= 0.6 is 11.8 Å². The van der Waals surface area contributed by atoms with E-state index in [1.807, 2.05) is 31.2 Å². The molecule has 144 valence electrons. The number of aromatic nitrogens is 2. The van der Waals surface area contributed by atoms with E-state index in [-0.39, 0.29) is 16.0 Å². The summed E-state index contributed by atoms with van der Waals surface area (Å²) in [5, 5.41) is 17.6. The predicted molar refractivity (Wildman–Crippen MR) is 105 cm³/mol. The minimum Gasteiger partial charge on any atom is -0.497 e. The third-order valence-corrected chi connectivity index (χ3v) is 4.64. The zero-order chi connectivity index (χ0) is 20.1. The zero-order valence-corrected chi connectivity index (χ0v) is 16.3. The van der Waals surface area contributed by atoms with Crippen LogP contribution in [0.3, 0.4) is 0 Å². The van der Waals surface area contributed by atoms with Crippen LogP contribution in [0.25, 0.3) is 17.5 Å². The van der Waals surface area contributed by atoms with Gasteiger partial charge < -0.3 is 19.0 Å². The van der Waals surface area contributed by atoms with Crippen molar-refractivity contribution >= 4 is 23.8 Å². The van der Waals surface area contributed by atoms with Gasteiger partial charge in [0.05, 0.1) is 14.2 Å². The first-order valence-electron chi connectivity index (χ1n) is 8.25. The van der Waals surface area contributed by atoms with Gasteiger partial charge >= 0.3 is 5.97 Å². The molecule has 0 radical (unpaired) electrons. The van der Waals surface area contributed by atoms with Crippen LogP contribution in [0.5, 0.6) is 11.5 Å². The Morgan fingerprint density at radius 1 is 1.07 bits per heavy atom. The van der Waals surface area contributed by atoms with E-state index >= 15 is 0 Å². The molecule has 0 aliphatic carbocycles. The number of hydrogen-bond donors (Lipinski definition) is 1. The van der Waals surface area contributed by atoms with Crippen molar-refractivity contribution in [1.82, 2.24) is 10.2 Å². The van der Waals surface area contributed by atoms with Gasteiger partial charge in [0.25, 0.3) is 5.22 Å². The van der Waals surface area contributed by atoms with Crippen molar-refractivity contribution < 1.29 is 23.8 Å². The lowest BCUT2D eigenvalue weighted by molar-refractivity contribution is -0.131. The van der Waals surface area contributed by atoms with Crippen molar-refractivity contribution in [3.63, 3.8) is 0 Å². The van der Waals surface area contributed by atoms with E-state index in [0.717, 1.165) is 22.9 Å². The number of thioether (sulfide) groups is 1. The number of nitrogens with zero attached hydrogens (tertiary/aromatic N) is 2. The van der Waals surface area contributed by atoms with Gasteiger partial charge in [-0.15, -0.1) is 10.2 Å². The summed E-state index contributed by atoms with van der Waals surface area (Å²) < 4.78 is 16.1. The van der Waals surface area contributed by atoms with E-state index in [4.69, 9.17) is 13.9 Å². The maximum Gasteiger partial charge on any atom is 0.342 e. The molecule has 1 N–H and O–H groups in total. The van der Waals surface area contributed by atoms with E-state index in [0.29, 0.717) is 17.1 Å². The van der Waals surface area contributed by atoms with Crippen molar-refractivity contribution in [3.8, 4) is 23.0 Å². The van der Waals surface area contributed by atoms with Crippen LogP contribution in [0.1, 0.15) is 11.1 Å². The number of hydrogen-bond acceptors (Lipinski definition) is 7. The van der Waals surface area contributed by atoms with Crippen LogP contribution in [0, 0.1) is 6.92 Å². The fourth-order valence-electron chi connectivity index (χ4n) is 2.34. The molecule has 0 unspecified atom stereocenters. The largest absolute Gasteiger partial charge is 0.497 e. The fraction of sp³-hybridized carbons (Fsp3) is 0.150. The standard InChI is InChI=1S/C20H18N2O5S/c1-12-4-6-13(7-5-12)8-17(19(23)24)28-20-22-21-18(27-20)14-9-15(25-2)11-16(10-14)26-3/h4-11H,1-3H3,(H,23,24)/b17-8+. The molecule has 0 amide bonds. The summed E-state index contributed by atoms with van der Waals surface area (Å²) >= 11 is 0.890. The molecule has 2 aromatic carbocycles. The zero-order valence-electron chi connectivity index (χ0n) is 15.5. The number of benzene rings is 2. The molecule has 0 saturated heterocycles. The summed E-state index contributed by atoms with van der Waals surface area (Å²) in [6.45, 7) is 1.97. The number of ether oxygens (including phenoxy) is 2.